The molecule has 9 heteroatoms. The van der Waals surface area contributed by atoms with Crippen molar-refractivity contribution in [2.75, 3.05) is 5.32 Å². The Labute approximate surface area is 182 Å². The Morgan fingerprint density at radius 3 is 2.47 bits per heavy atom. The van der Waals surface area contributed by atoms with Gasteiger partial charge in [0.2, 0.25) is 5.91 Å². The highest BCUT2D eigenvalue weighted by molar-refractivity contribution is 6.33. The molecule has 0 bridgehead atoms. The largest absolute Gasteiger partial charge is 0.481 e. The van der Waals surface area contributed by atoms with Crippen LogP contribution in [0.5, 0.6) is 0 Å². The number of hydrogen-bond donors (Lipinski definition) is 2. The number of amides is 1. The van der Waals surface area contributed by atoms with E-state index in [0.29, 0.717) is 10.6 Å². The van der Waals surface area contributed by atoms with E-state index in [4.69, 9.17) is 28.3 Å². The van der Waals surface area contributed by atoms with Gasteiger partial charge in [-0.1, -0.05) is 55.3 Å². The number of rotatable bonds is 7. The molecule has 0 saturated heterocycles. The molecule has 4 nitrogen and oxygen atoms in total. The fraction of sp³-hybridized carbons (Fsp3) is 0.429. The highest BCUT2D eigenvalue weighted by atomic mass is 35.5. The van der Waals surface area contributed by atoms with E-state index < -0.39 is 35.8 Å². The van der Waals surface area contributed by atoms with Crippen LogP contribution in [0.1, 0.15) is 38.2 Å². The summed E-state index contributed by atoms with van der Waals surface area (Å²) < 4.78 is 40.4. The van der Waals surface area contributed by atoms with Crippen LogP contribution in [0.25, 0.3) is 0 Å². The first kappa shape index (κ1) is 24.3. The molecule has 0 saturated carbocycles. The number of nitrogens with one attached hydrogen (secondary N) is 1. The lowest BCUT2D eigenvalue weighted by atomic mass is 9.78. The number of allylic oxidation sites excluding steroid dienone is 4. The van der Waals surface area contributed by atoms with E-state index in [2.05, 4.69) is 5.32 Å². The average molecular weight is 464 g/mol. The number of halogens is 5. The number of alkyl halides is 3. The lowest BCUT2D eigenvalue weighted by molar-refractivity contribution is -0.188. The quantitative estimate of drug-likeness (QED) is 0.493. The van der Waals surface area contributed by atoms with Crippen LogP contribution in [0.4, 0.5) is 18.9 Å². The number of anilines is 1. The molecule has 1 amide bonds. The first-order chi connectivity index (χ1) is 13.9. The molecule has 2 unspecified atom stereocenters. The van der Waals surface area contributed by atoms with Crippen molar-refractivity contribution in [1.29, 1.82) is 0 Å². The van der Waals surface area contributed by atoms with Crippen LogP contribution in [-0.4, -0.2) is 23.2 Å². The molecule has 1 aromatic carbocycles. The summed E-state index contributed by atoms with van der Waals surface area (Å²) in [5, 5.41) is 12.0. The van der Waals surface area contributed by atoms with E-state index >= 15 is 0 Å². The van der Waals surface area contributed by atoms with Gasteiger partial charge in [-0.15, -0.1) is 0 Å². The second-order valence-corrected chi connectivity index (χ2v) is 8.27. The zero-order valence-electron chi connectivity index (χ0n) is 16.3. The molecule has 0 aromatic heterocycles. The minimum atomic E-state index is -4.57. The Morgan fingerprint density at radius 2 is 1.93 bits per heavy atom. The number of benzene rings is 1. The third-order valence-electron chi connectivity index (χ3n) is 5.20. The van der Waals surface area contributed by atoms with E-state index in [-0.39, 0.29) is 29.5 Å². The molecule has 0 fully saturated rings. The van der Waals surface area contributed by atoms with Crippen molar-refractivity contribution in [2.45, 2.75) is 38.8 Å². The highest BCUT2D eigenvalue weighted by Crippen LogP contribution is 2.40. The SMILES string of the molecule is CC(CC(=O)O)c1ccc(Cl)c(NC(=O)[C@H](C2C=CC(Cl)=CC2)[C@@H](C)C(F)(F)F)c1. The normalized spacial score (nSPS) is 19.6. The molecule has 1 aromatic rings. The van der Waals surface area contributed by atoms with Crippen LogP contribution in [0.15, 0.2) is 41.5 Å². The number of aliphatic carboxylic acids is 1. The molecule has 0 heterocycles. The third-order valence-corrected chi connectivity index (χ3v) is 5.81. The summed E-state index contributed by atoms with van der Waals surface area (Å²) in [4.78, 5) is 23.9. The number of hydrogen-bond acceptors (Lipinski definition) is 2. The van der Waals surface area contributed by atoms with Crippen LogP contribution in [-0.2, 0) is 9.59 Å². The zero-order chi connectivity index (χ0) is 22.6. The molecule has 0 aliphatic heterocycles. The summed E-state index contributed by atoms with van der Waals surface area (Å²) in [6.45, 7) is 2.67. The van der Waals surface area contributed by atoms with Gasteiger partial charge in [-0.05, 0) is 42.0 Å². The van der Waals surface area contributed by atoms with Crippen molar-refractivity contribution in [3.05, 3.63) is 52.0 Å². The molecule has 0 radical (unpaired) electrons. The second kappa shape index (κ2) is 9.88. The van der Waals surface area contributed by atoms with Gasteiger partial charge in [0.05, 0.1) is 29.0 Å². The van der Waals surface area contributed by atoms with Gasteiger partial charge in [-0.25, -0.2) is 0 Å². The van der Waals surface area contributed by atoms with E-state index in [1.807, 2.05) is 0 Å². The van der Waals surface area contributed by atoms with E-state index in [0.717, 1.165) is 6.92 Å². The molecule has 4 atom stereocenters. The summed E-state index contributed by atoms with van der Waals surface area (Å²) in [6, 6.07) is 4.60. The van der Waals surface area contributed by atoms with Crippen LogP contribution in [0, 0.1) is 17.8 Å². The van der Waals surface area contributed by atoms with Crippen molar-refractivity contribution in [1.82, 2.24) is 0 Å². The van der Waals surface area contributed by atoms with E-state index in [1.54, 1.807) is 19.1 Å². The topological polar surface area (TPSA) is 66.4 Å². The fourth-order valence-electron chi connectivity index (χ4n) is 3.41. The van der Waals surface area contributed by atoms with Gasteiger partial charge in [0.1, 0.15) is 0 Å². The van der Waals surface area contributed by atoms with Gasteiger partial charge >= 0.3 is 12.1 Å². The smallest absolute Gasteiger partial charge is 0.392 e. The summed E-state index contributed by atoms with van der Waals surface area (Å²) in [5.41, 5.74) is 0.744. The van der Waals surface area contributed by atoms with Gasteiger partial charge in [-0.2, -0.15) is 13.2 Å². The van der Waals surface area contributed by atoms with Gasteiger partial charge in [0.15, 0.2) is 0 Å². The number of carbonyl (C=O) groups excluding carboxylic acids is 1. The van der Waals surface area contributed by atoms with Crippen LogP contribution < -0.4 is 5.32 Å². The van der Waals surface area contributed by atoms with Crippen molar-refractivity contribution in [3.8, 4) is 0 Å². The second-order valence-electron chi connectivity index (χ2n) is 7.43. The summed E-state index contributed by atoms with van der Waals surface area (Å²) in [6.07, 6.45) is 0.0846. The molecule has 164 valence electrons. The van der Waals surface area contributed by atoms with Gasteiger partial charge in [0.25, 0.3) is 0 Å². The van der Waals surface area contributed by atoms with E-state index in [9.17, 15) is 22.8 Å². The van der Waals surface area contributed by atoms with Crippen molar-refractivity contribution in [2.24, 2.45) is 17.8 Å². The summed E-state index contributed by atoms with van der Waals surface area (Å²) >= 11 is 12.0. The Balaban J connectivity index is 2.31. The van der Waals surface area contributed by atoms with Gasteiger partial charge in [0, 0.05) is 5.03 Å². The maximum absolute atomic E-state index is 13.5. The molecular formula is C21H22Cl2F3NO3. The Bertz CT molecular complexity index is 868. The standard InChI is InChI=1S/C21H22Cl2F3NO3/c1-11(9-18(28)29)14-5-8-16(23)17(10-14)27-20(30)19(12(2)21(24,25)26)13-3-6-15(22)7-4-13/h3,5-8,10-13,19H,4,9H2,1-2H3,(H,27,30)(H,28,29)/t11?,12-,13?,19+/m1/s1. The number of carboxylic acids is 1. The Hall–Kier alpha value is -1.99. The molecule has 1 aliphatic rings. The molecular weight excluding hydrogens is 442 g/mol. The van der Waals surface area contributed by atoms with Crippen LogP contribution in [0.2, 0.25) is 5.02 Å². The zero-order valence-corrected chi connectivity index (χ0v) is 17.9. The molecule has 0 spiro atoms. The first-order valence-electron chi connectivity index (χ1n) is 9.32. The third kappa shape index (κ3) is 6.25. The first-order valence-corrected chi connectivity index (χ1v) is 10.1. The lowest BCUT2D eigenvalue weighted by Gasteiger charge is -2.31. The fourth-order valence-corrected chi connectivity index (χ4v) is 3.74. The van der Waals surface area contributed by atoms with Crippen LogP contribution >= 0.6 is 23.2 Å². The molecule has 30 heavy (non-hydrogen) atoms. The maximum atomic E-state index is 13.5. The van der Waals surface area contributed by atoms with E-state index in [1.165, 1.54) is 24.3 Å². The Kier molecular flexibility index (Phi) is 7.99. The van der Waals surface area contributed by atoms with Crippen LogP contribution in [0.3, 0.4) is 0 Å². The minimum absolute atomic E-state index is 0.136. The number of carbonyl (C=O) groups is 2. The maximum Gasteiger partial charge on any atom is 0.392 e. The Morgan fingerprint density at radius 1 is 1.27 bits per heavy atom. The average Bonchev–Trinajstić information content (AvgIpc) is 2.63. The minimum Gasteiger partial charge on any atom is -0.481 e. The van der Waals surface area contributed by atoms with Crippen molar-refractivity contribution < 1.29 is 27.9 Å². The number of carboxylic acid groups (broad SMARTS) is 1. The molecule has 1 aliphatic carbocycles. The van der Waals surface area contributed by atoms with Crippen molar-refractivity contribution >= 4 is 40.8 Å². The summed E-state index contributed by atoms with van der Waals surface area (Å²) in [5.74, 6) is -6.14. The molecule has 2 N–H and O–H groups in total. The van der Waals surface area contributed by atoms with Crippen molar-refractivity contribution in [3.63, 3.8) is 0 Å². The lowest BCUT2D eigenvalue weighted by Crippen LogP contribution is -2.40. The summed E-state index contributed by atoms with van der Waals surface area (Å²) in [7, 11) is 0. The highest BCUT2D eigenvalue weighted by Gasteiger charge is 2.46. The van der Waals surface area contributed by atoms with Gasteiger partial charge < -0.3 is 10.4 Å². The monoisotopic (exact) mass is 463 g/mol. The van der Waals surface area contributed by atoms with Gasteiger partial charge in [-0.3, -0.25) is 9.59 Å². The predicted molar refractivity (Wildman–Crippen MR) is 111 cm³/mol. The predicted octanol–water partition coefficient (Wildman–Crippen LogP) is 6.37. The molecule has 2 rings (SSSR count).